The van der Waals surface area contributed by atoms with Crippen LogP contribution in [-0.4, -0.2) is 35.6 Å². The number of rotatable bonds is 5. The van der Waals surface area contributed by atoms with Crippen LogP contribution in [0.15, 0.2) is 16.9 Å². The van der Waals surface area contributed by atoms with Gasteiger partial charge < -0.3 is 14.5 Å². The summed E-state index contributed by atoms with van der Waals surface area (Å²) in [5, 5.41) is 0. The van der Waals surface area contributed by atoms with Crippen LogP contribution in [0, 0.1) is 6.92 Å². The minimum atomic E-state index is 0.0634. The number of fused-ring (bicyclic) bond motifs is 1. The summed E-state index contributed by atoms with van der Waals surface area (Å²) in [7, 11) is 3.36. The molecule has 0 radical (unpaired) electrons. The van der Waals surface area contributed by atoms with E-state index in [-0.39, 0.29) is 5.56 Å². The minimum Gasteiger partial charge on any atom is -0.497 e. The number of nitrogens with zero attached hydrogens (tertiary/aromatic N) is 2. The third kappa shape index (κ3) is 4.17. The van der Waals surface area contributed by atoms with Gasteiger partial charge in [0.2, 0.25) is 0 Å². The molecule has 4 rings (SSSR count). The average Bonchev–Trinajstić information content (AvgIpc) is 2.75. The van der Waals surface area contributed by atoms with Crippen LogP contribution in [0.2, 0.25) is 0 Å². The van der Waals surface area contributed by atoms with Crippen LogP contribution < -0.4 is 15.0 Å². The second-order valence-corrected chi connectivity index (χ2v) is 8.30. The minimum absolute atomic E-state index is 0.0634. The standard InChI is InChI=1S/C23H31N3O3/c1-15-11-17(28-2)12-21(29-3)19(15)13-26-10-9-18-20(14-26)24-22(25-23(18)27)16-7-5-4-6-8-16/h11-12,16H,4-10,13-14H2,1-3H3,(H,24,25,27). The van der Waals surface area contributed by atoms with E-state index in [0.29, 0.717) is 12.5 Å². The lowest BCUT2D eigenvalue weighted by molar-refractivity contribution is 0.235. The SMILES string of the molecule is COc1cc(C)c(CN2CCc3c(nc(C4CCCCC4)[nH]c3=O)C2)c(OC)c1. The zero-order valence-electron chi connectivity index (χ0n) is 17.7. The van der Waals surface area contributed by atoms with E-state index < -0.39 is 0 Å². The fourth-order valence-electron chi connectivity index (χ4n) is 4.70. The van der Waals surface area contributed by atoms with E-state index in [1.807, 2.05) is 12.1 Å². The highest BCUT2D eigenvalue weighted by Gasteiger charge is 2.25. The van der Waals surface area contributed by atoms with Gasteiger partial charge in [-0.05, 0) is 37.8 Å². The molecule has 1 aliphatic carbocycles. The topological polar surface area (TPSA) is 67.5 Å². The van der Waals surface area contributed by atoms with E-state index in [1.165, 1.54) is 19.3 Å². The van der Waals surface area contributed by atoms with Crippen molar-refractivity contribution >= 4 is 0 Å². The summed E-state index contributed by atoms with van der Waals surface area (Å²) in [6.45, 7) is 4.40. The number of methoxy groups -OCH3 is 2. The van der Waals surface area contributed by atoms with Gasteiger partial charge in [0.1, 0.15) is 17.3 Å². The first-order chi connectivity index (χ1) is 14.1. The molecule has 0 bridgehead atoms. The number of hydrogen-bond donors (Lipinski definition) is 1. The van der Waals surface area contributed by atoms with Crippen molar-refractivity contribution in [3.05, 3.63) is 50.7 Å². The number of hydrogen-bond acceptors (Lipinski definition) is 5. The van der Waals surface area contributed by atoms with E-state index in [4.69, 9.17) is 14.5 Å². The lowest BCUT2D eigenvalue weighted by Crippen LogP contribution is -2.36. The Morgan fingerprint density at radius 1 is 1.17 bits per heavy atom. The summed E-state index contributed by atoms with van der Waals surface area (Å²) in [6.07, 6.45) is 6.76. The summed E-state index contributed by atoms with van der Waals surface area (Å²) >= 11 is 0. The highest BCUT2D eigenvalue weighted by Crippen LogP contribution is 2.32. The molecule has 2 aliphatic rings. The number of benzene rings is 1. The lowest BCUT2D eigenvalue weighted by Gasteiger charge is -2.30. The smallest absolute Gasteiger partial charge is 0.254 e. The van der Waals surface area contributed by atoms with Crippen LogP contribution in [0.5, 0.6) is 11.5 Å². The first-order valence-electron chi connectivity index (χ1n) is 10.6. The Kier molecular flexibility index (Phi) is 5.90. The number of aryl methyl sites for hydroxylation is 1. The molecule has 156 valence electrons. The number of aromatic nitrogens is 2. The Bertz CT molecular complexity index is 932. The molecule has 0 saturated heterocycles. The summed E-state index contributed by atoms with van der Waals surface area (Å²) < 4.78 is 11.0. The normalized spacial score (nSPS) is 17.8. The van der Waals surface area contributed by atoms with Crippen LogP contribution in [0.25, 0.3) is 0 Å². The Hall–Kier alpha value is -2.34. The third-order valence-electron chi connectivity index (χ3n) is 6.41. The molecule has 0 unspecified atom stereocenters. The summed E-state index contributed by atoms with van der Waals surface area (Å²) in [6, 6.07) is 3.98. The van der Waals surface area contributed by atoms with Crippen molar-refractivity contribution in [3.8, 4) is 11.5 Å². The molecule has 1 fully saturated rings. The molecular weight excluding hydrogens is 366 g/mol. The largest absolute Gasteiger partial charge is 0.497 e. The molecule has 1 aromatic heterocycles. The zero-order chi connectivity index (χ0) is 20.4. The van der Waals surface area contributed by atoms with E-state index in [9.17, 15) is 4.79 Å². The fourth-order valence-corrected chi connectivity index (χ4v) is 4.70. The summed E-state index contributed by atoms with van der Waals surface area (Å²) in [5.74, 6) is 2.95. The number of H-pyrrole nitrogens is 1. The van der Waals surface area contributed by atoms with E-state index in [0.717, 1.165) is 72.1 Å². The second kappa shape index (κ2) is 8.57. The van der Waals surface area contributed by atoms with Gasteiger partial charge in [-0.3, -0.25) is 9.69 Å². The Morgan fingerprint density at radius 2 is 1.97 bits per heavy atom. The summed E-state index contributed by atoms with van der Waals surface area (Å²) in [4.78, 5) is 23.1. The van der Waals surface area contributed by atoms with Crippen molar-refractivity contribution in [1.82, 2.24) is 14.9 Å². The maximum Gasteiger partial charge on any atom is 0.254 e. The monoisotopic (exact) mass is 397 g/mol. The van der Waals surface area contributed by atoms with Gasteiger partial charge in [0.05, 0.1) is 19.9 Å². The quantitative estimate of drug-likeness (QED) is 0.833. The Morgan fingerprint density at radius 3 is 2.69 bits per heavy atom. The number of aromatic amines is 1. The van der Waals surface area contributed by atoms with Crippen molar-refractivity contribution < 1.29 is 9.47 Å². The van der Waals surface area contributed by atoms with Crippen molar-refractivity contribution in [3.63, 3.8) is 0 Å². The van der Waals surface area contributed by atoms with Gasteiger partial charge in [0.25, 0.3) is 5.56 Å². The number of nitrogens with one attached hydrogen (secondary N) is 1. The van der Waals surface area contributed by atoms with Crippen molar-refractivity contribution in [2.45, 2.75) is 64.5 Å². The van der Waals surface area contributed by atoms with Gasteiger partial charge in [-0.1, -0.05) is 19.3 Å². The van der Waals surface area contributed by atoms with Gasteiger partial charge in [0, 0.05) is 42.7 Å². The maximum atomic E-state index is 12.7. The van der Waals surface area contributed by atoms with Crippen LogP contribution >= 0.6 is 0 Å². The Balaban J connectivity index is 1.57. The molecule has 1 aliphatic heterocycles. The zero-order valence-corrected chi connectivity index (χ0v) is 17.7. The first-order valence-corrected chi connectivity index (χ1v) is 10.6. The molecule has 1 N–H and O–H groups in total. The molecule has 0 amide bonds. The lowest BCUT2D eigenvalue weighted by atomic mass is 9.88. The second-order valence-electron chi connectivity index (χ2n) is 8.30. The molecule has 6 nitrogen and oxygen atoms in total. The fraction of sp³-hybridized carbons (Fsp3) is 0.565. The molecular formula is C23H31N3O3. The summed E-state index contributed by atoms with van der Waals surface area (Å²) in [5.41, 5.74) is 4.18. The van der Waals surface area contributed by atoms with Crippen LogP contribution in [0.1, 0.15) is 66.2 Å². The van der Waals surface area contributed by atoms with Crippen molar-refractivity contribution in [2.75, 3.05) is 20.8 Å². The molecule has 6 heteroatoms. The van der Waals surface area contributed by atoms with Gasteiger partial charge in [0.15, 0.2) is 0 Å². The molecule has 1 aromatic carbocycles. The van der Waals surface area contributed by atoms with Crippen LogP contribution in [0.4, 0.5) is 0 Å². The van der Waals surface area contributed by atoms with Gasteiger partial charge in [-0.15, -0.1) is 0 Å². The van der Waals surface area contributed by atoms with E-state index >= 15 is 0 Å². The van der Waals surface area contributed by atoms with Crippen molar-refractivity contribution in [1.29, 1.82) is 0 Å². The van der Waals surface area contributed by atoms with E-state index in [1.54, 1.807) is 14.2 Å². The van der Waals surface area contributed by atoms with Gasteiger partial charge in [-0.25, -0.2) is 4.98 Å². The highest BCUT2D eigenvalue weighted by atomic mass is 16.5. The predicted octanol–water partition coefficient (Wildman–Crippen LogP) is 3.70. The number of ether oxygens (including phenoxy) is 2. The molecule has 29 heavy (non-hydrogen) atoms. The van der Waals surface area contributed by atoms with Crippen LogP contribution in [-0.2, 0) is 19.5 Å². The molecule has 1 saturated carbocycles. The highest BCUT2D eigenvalue weighted by molar-refractivity contribution is 5.46. The third-order valence-corrected chi connectivity index (χ3v) is 6.41. The molecule has 0 spiro atoms. The van der Waals surface area contributed by atoms with Crippen LogP contribution in [0.3, 0.4) is 0 Å². The van der Waals surface area contributed by atoms with E-state index in [2.05, 4.69) is 16.8 Å². The molecule has 0 atom stereocenters. The maximum absolute atomic E-state index is 12.7. The molecule has 2 aromatic rings. The first kappa shape index (κ1) is 20.0. The van der Waals surface area contributed by atoms with Crippen molar-refractivity contribution in [2.24, 2.45) is 0 Å². The predicted molar refractivity (Wildman–Crippen MR) is 113 cm³/mol. The molecule has 2 heterocycles. The van der Waals surface area contributed by atoms with Gasteiger partial charge >= 0.3 is 0 Å². The average molecular weight is 398 g/mol. The van der Waals surface area contributed by atoms with Gasteiger partial charge in [-0.2, -0.15) is 0 Å². The Labute approximate surface area is 172 Å².